The summed E-state index contributed by atoms with van der Waals surface area (Å²) in [7, 11) is 1.32. The highest BCUT2D eigenvalue weighted by Crippen LogP contribution is 2.29. The Bertz CT molecular complexity index is 536. The van der Waals surface area contributed by atoms with Gasteiger partial charge in [0.05, 0.1) is 18.1 Å². The summed E-state index contributed by atoms with van der Waals surface area (Å²) < 4.78 is 4.85. The van der Waals surface area contributed by atoms with E-state index in [0.29, 0.717) is 0 Å². The average Bonchev–Trinajstić information content (AvgIpc) is 2.38. The molecule has 0 radical (unpaired) electrons. The first-order valence-electron chi connectivity index (χ1n) is 5.32. The molecule has 0 aliphatic rings. The van der Waals surface area contributed by atoms with Crippen LogP contribution in [0.3, 0.4) is 0 Å². The molecule has 1 aromatic carbocycles. The molecule has 0 saturated carbocycles. The van der Waals surface area contributed by atoms with Gasteiger partial charge in [0.15, 0.2) is 5.75 Å². The van der Waals surface area contributed by atoms with Crippen LogP contribution in [0.25, 0.3) is 0 Å². The van der Waals surface area contributed by atoms with E-state index in [1.54, 1.807) is 0 Å². The summed E-state index contributed by atoms with van der Waals surface area (Å²) in [4.78, 5) is 21.8. The molecule has 0 aromatic heterocycles. The molecular weight excluding hydrogens is 250 g/mol. The lowest BCUT2D eigenvalue weighted by molar-refractivity contribution is -0.385. The highest BCUT2D eigenvalue weighted by atomic mass is 16.6. The minimum Gasteiger partial charge on any atom is -0.490 e. The van der Waals surface area contributed by atoms with E-state index >= 15 is 0 Å². The number of nitrogens with two attached hydrogens (primary N) is 1. The third kappa shape index (κ3) is 3.69. The minimum absolute atomic E-state index is 0.0874. The number of amides is 1. The van der Waals surface area contributed by atoms with Gasteiger partial charge in [0.1, 0.15) is 0 Å². The van der Waals surface area contributed by atoms with Crippen LogP contribution in [-0.2, 0) is 4.79 Å². The molecule has 0 spiro atoms. The largest absolute Gasteiger partial charge is 0.490 e. The molecule has 1 amide bonds. The Morgan fingerprint density at radius 2 is 2.37 bits per heavy atom. The lowest BCUT2D eigenvalue weighted by Crippen LogP contribution is -2.35. The van der Waals surface area contributed by atoms with Crippen LogP contribution in [0.1, 0.15) is 6.42 Å². The maximum absolute atomic E-state index is 11.6. The second kappa shape index (κ2) is 6.37. The zero-order valence-corrected chi connectivity index (χ0v) is 10.3. The number of ether oxygens (including phenoxy) is 1. The van der Waals surface area contributed by atoms with Crippen molar-refractivity contribution in [3.8, 4) is 18.1 Å². The molecule has 7 nitrogen and oxygen atoms in total. The van der Waals surface area contributed by atoms with Gasteiger partial charge in [-0.05, 0) is 12.1 Å². The summed E-state index contributed by atoms with van der Waals surface area (Å²) >= 11 is 0. The fourth-order valence-corrected chi connectivity index (χ4v) is 1.37. The summed E-state index contributed by atoms with van der Waals surface area (Å²) in [5.41, 5.74) is 5.53. The monoisotopic (exact) mass is 263 g/mol. The van der Waals surface area contributed by atoms with Crippen LogP contribution in [-0.4, -0.2) is 24.0 Å². The highest BCUT2D eigenvalue weighted by Gasteiger charge is 2.17. The van der Waals surface area contributed by atoms with Gasteiger partial charge < -0.3 is 15.8 Å². The molecule has 0 aliphatic carbocycles. The average molecular weight is 263 g/mol. The van der Waals surface area contributed by atoms with Crippen LogP contribution in [0.4, 0.5) is 11.4 Å². The molecule has 19 heavy (non-hydrogen) atoms. The third-order valence-corrected chi connectivity index (χ3v) is 2.32. The van der Waals surface area contributed by atoms with E-state index < -0.39 is 16.9 Å². The number of nitro benzene ring substituents is 1. The van der Waals surface area contributed by atoms with E-state index in [4.69, 9.17) is 16.9 Å². The first-order valence-corrected chi connectivity index (χ1v) is 5.32. The van der Waals surface area contributed by atoms with Crippen LogP contribution in [0.2, 0.25) is 0 Å². The van der Waals surface area contributed by atoms with Gasteiger partial charge in [0.25, 0.3) is 0 Å². The van der Waals surface area contributed by atoms with Gasteiger partial charge in [0, 0.05) is 18.2 Å². The predicted molar refractivity (Wildman–Crippen MR) is 69.7 cm³/mol. The van der Waals surface area contributed by atoms with Crippen molar-refractivity contribution in [2.45, 2.75) is 12.5 Å². The second-order valence-corrected chi connectivity index (χ2v) is 3.65. The second-order valence-electron chi connectivity index (χ2n) is 3.65. The standard InChI is InChI=1S/C12H13N3O4/c1-3-4-9(13)12(16)14-8-5-6-11(19-2)10(7-8)15(17)18/h1,5-7,9H,4,13H2,2H3,(H,14,16). The Kier molecular flexibility index (Phi) is 4.85. The third-order valence-electron chi connectivity index (χ3n) is 2.32. The maximum atomic E-state index is 11.6. The first-order chi connectivity index (χ1) is 8.99. The molecule has 1 aromatic rings. The molecule has 1 unspecified atom stereocenters. The molecule has 0 fully saturated rings. The molecule has 7 heteroatoms. The normalized spacial score (nSPS) is 11.2. The number of nitrogens with zero attached hydrogens (tertiary/aromatic N) is 1. The Labute approximate surface area is 109 Å². The summed E-state index contributed by atoms with van der Waals surface area (Å²) in [6.07, 6.45) is 5.13. The number of carbonyl (C=O) groups excluding carboxylic acids is 1. The Hall–Kier alpha value is -2.59. The Morgan fingerprint density at radius 1 is 1.68 bits per heavy atom. The van der Waals surface area contributed by atoms with Crippen molar-refractivity contribution in [2.75, 3.05) is 12.4 Å². The number of nitrogens with one attached hydrogen (secondary N) is 1. The lowest BCUT2D eigenvalue weighted by Gasteiger charge is -2.10. The van der Waals surface area contributed by atoms with Crippen molar-refractivity contribution in [2.24, 2.45) is 5.73 Å². The van der Waals surface area contributed by atoms with Crippen molar-refractivity contribution in [3.63, 3.8) is 0 Å². The number of terminal acetylenes is 1. The van der Waals surface area contributed by atoms with Crippen molar-refractivity contribution in [1.82, 2.24) is 0 Å². The summed E-state index contributed by atoms with van der Waals surface area (Å²) in [6, 6.07) is 3.21. The van der Waals surface area contributed by atoms with Crippen molar-refractivity contribution in [1.29, 1.82) is 0 Å². The number of nitro groups is 1. The van der Waals surface area contributed by atoms with Crippen LogP contribution < -0.4 is 15.8 Å². The van der Waals surface area contributed by atoms with Crippen LogP contribution in [0.5, 0.6) is 5.75 Å². The predicted octanol–water partition coefficient (Wildman–Crippen LogP) is 0.893. The van der Waals surface area contributed by atoms with E-state index in [0.717, 1.165) is 0 Å². The van der Waals surface area contributed by atoms with Crippen molar-refractivity contribution >= 4 is 17.3 Å². The van der Waals surface area contributed by atoms with Crippen LogP contribution >= 0.6 is 0 Å². The van der Waals surface area contributed by atoms with E-state index in [1.807, 2.05) is 0 Å². The van der Waals surface area contributed by atoms with Gasteiger partial charge in [-0.15, -0.1) is 12.3 Å². The fraction of sp³-hybridized carbons (Fsp3) is 0.250. The Balaban J connectivity index is 2.92. The molecule has 1 atom stereocenters. The molecule has 0 heterocycles. The zero-order chi connectivity index (χ0) is 14.4. The Morgan fingerprint density at radius 3 is 2.89 bits per heavy atom. The number of hydrogen-bond donors (Lipinski definition) is 2. The number of benzene rings is 1. The lowest BCUT2D eigenvalue weighted by atomic mass is 10.2. The quantitative estimate of drug-likeness (QED) is 0.466. The molecular formula is C12H13N3O4. The van der Waals surface area contributed by atoms with E-state index in [2.05, 4.69) is 11.2 Å². The summed E-state index contributed by atoms with van der Waals surface area (Å²) in [5.74, 6) is 1.87. The summed E-state index contributed by atoms with van der Waals surface area (Å²) in [6.45, 7) is 0. The molecule has 0 aliphatic heterocycles. The number of rotatable bonds is 5. The molecule has 3 N–H and O–H groups in total. The summed E-state index contributed by atoms with van der Waals surface area (Å²) in [5, 5.41) is 13.3. The van der Waals surface area contributed by atoms with Crippen LogP contribution in [0.15, 0.2) is 18.2 Å². The van der Waals surface area contributed by atoms with E-state index in [1.165, 1.54) is 25.3 Å². The SMILES string of the molecule is C#CCC(N)C(=O)Nc1ccc(OC)c([N+](=O)[O-])c1. The molecule has 0 bridgehead atoms. The van der Waals surface area contributed by atoms with Gasteiger partial charge in [-0.2, -0.15) is 0 Å². The zero-order valence-electron chi connectivity index (χ0n) is 10.3. The number of anilines is 1. The topological polar surface area (TPSA) is 107 Å². The van der Waals surface area contributed by atoms with Gasteiger partial charge >= 0.3 is 5.69 Å². The molecule has 0 saturated heterocycles. The molecule has 100 valence electrons. The highest BCUT2D eigenvalue weighted by molar-refractivity contribution is 5.95. The smallest absolute Gasteiger partial charge is 0.312 e. The van der Waals surface area contributed by atoms with Crippen molar-refractivity contribution < 1.29 is 14.5 Å². The fourth-order valence-electron chi connectivity index (χ4n) is 1.37. The van der Waals surface area contributed by atoms with E-state index in [-0.39, 0.29) is 23.5 Å². The number of carbonyl (C=O) groups is 1. The maximum Gasteiger partial charge on any atom is 0.312 e. The number of hydrogen-bond acceptors (Lipinski definition) is 5. The number of methoxy groups -OCH3 is 1. The van der Waals surface area contributed by atoms with E-state index in [9.17, 15) is 14.9 Å². The van der Waals surface area contributed by atoms with Gasteiger partial charge in [0.2, 0.25) is 5.91 Å². The molecule has 1 rings (SSSR count). The minimum atomic E-state index is -0.855. The first kappa shape index (κ1) is 14.5. The van der Waals surface area contributed by atoms with Gasteiger partial charge in [-0.1, -0.05) is 0 Å². The van der Waals surface area contributed by atoms with Crippen LogP contribution in [0, 0.1) is 22.5 Å². The van der Waals surface area contributed by atoms with Gasteiger partial charge in [-0.3, -0.25) is 14.9 Å². The van der Waals surface area contributed by atoms with Crippen molar-refractivity contribution in [3.05, 3.63) is 28.3 Å². The van der Waals surface area contributed by atoms with Gasteiger partial charge in [-0.25, -0.2) is 0 Å².